The lowest BCUT2D eigenvalue weighted by molar-refractivity contribution is -0.149. The highest BCUT2D eigenvalue weighted by Gasteiger charge is 2.49. The number of hydrogen-bond acceptors (Lipinski definition) is 2. The van der Waals surface area contributed by atoms with Crippen LogP contribution in [-0.2, 0) is 16.0 Å². The van der Waals surface area contributed by atoms with E-state index >= 15 is 0 Å². The van der Waals surface area contributed by atoms with Gasteiger partial charge in [0.05, 0.1) is 12.1 Å². The summed E-state index contributed by atoms with van der Waals surface area (Å²) in [5, 5.41) is 0. The van der Waals surface area contributed by atoms with E-state index in [0.29, 0.717) is 6.42 Å². The molecular formula is C16H21Cl2NO2. The van der Waals surface area contributed by atoms with Crippen molar-refractivity contribution < 1.29 is 9.53 Å². The van der Waals surface area contributed by atoms with Crippen molar-refractivity contribution >= 4 is 29.1 Å². The minimum absolute atomic E-state index is 0.0400. The van der Waals surface area contributed by atoms with Crippen LogP contribution in [0.25, 0.3) is 0 Å². The lowest BCUT2D eigenvalue weighted by Gasteiger charge is -2.36. The van der Waals surface area contributed by atoms with Gasteiger partial charge >= 0.3 is 0 Å². The van der Waals surface area contributed by atoms with E-state index in [2.05, 4.69) is 12.1 Å². The number of aryl methyl sites for hydroxylation is 1. The fourth-order valence-corrected chi connectivity index (χ4v) is 3.15. The van der Waals surface area contributed by atoms with E-state index in [9.17, 15) is 4.79 Å². The van der Waals surface area contributed by atoms with Crippen molar-refractivity contribution in [2.45, 2.75) is 56.3 Å². The molecule has 1 heterocycles. The Morgan fingerprint density at radius 2 is 1.95 bits per heavy atom. The number of carbonyl (C=O) groups is 1. The zero-order valence-electron chi connectivity index (χ0n) is 12.6. The normalized spacial score (nSPS) is 29.1. The van der Waals surface area contributed by atoms with Crippen LogP contribution >= 0.6 is 23.2 Å². The van der Waals surface area contributed by atoms with Gasteiger partial charge in [0.25, 0.3) is 5.91 Å². The number of carbonyl (C=O) groups excluding carboxylic acids is 1. The molecule has 0 N–H and O–H groups in total. The average Bonchev–Trinajstić information content (AvgIpc) is 2.68. The minimum atomic E-state index is -1.06. The summed E-state index contributed by atoms with van der Waals surface area (Å²) in [6.07, 6.45) is 1.50. The first-order chi connectivity index (χ1) is 9.85. The van der Waals surface area contributed by atoms with Gasteiger partial charge in [0, 0.05) is 0 Å². The van der Waals surface area contributed by atoms with Gasteiger partial charge in [-0.15, -0.1) is 0 Å². The van der Waals surface area contributed by atoms with E-state index in [-0.39, 0.29) is 18.1 Å². The Hall–Kier alpha value is -0.770. The lowest BCUT2D eigenvalue weighted by Crippen LogP contribution is -2.51. The van der Waals surface area contributed by atoms with Crippen LogP contribution in [0.3, 0.4) is 0 Å². The molecule has 1 amide bonds. The molecule has 5 heteroatoms. The summed E-state index contributed by atoms with van der Waals surface area (Å²) in [4.78, 5) is 13.0. The van der Waals surface area contributed by atoms with Crippen molar-refractivity contribution in [1.29, 1.82) is 0 Å². The van der Waals surface area contributed by atoms with Crippen molar-refractivity contribution in [2.24, 2.45) is 0 Å². The minimum Gasteiger partial charge on any atom is -0.351 e. The van der Waals surface area contributed by atoms with Crippen LogP contribution in [0.15, 0.2) is 30.3 Å². The Kier molecular flexibility index (Phi) is 5.18. The summed E-state index contributed by atoms with van der Waals surface area (Å²) >= 11 is 11.6. The largest absolute Gasteiger partial charge is 0.351 e. The topological polar surface area (TPSA) is 29.5 Å². The highest BCUT2D eigenvalue weighted by atomic mass is 35.5. The summed E-state index contributed by atoms with van der Waals surface area (Å²) < 4.78 is 6.05. The van der Waals surface area contributed by atoms with Crippen molar-refractivity contribution in [1.82, 2.24) is 4.90 Å². The van der Waals surface area contributed by atoms with Crippen molar-refractivity contribution in [3.63, 3.8) is 0 Å². The predicted molar refractivity (Wildman–Crippen MR) is 85.5 cm³/mol. The predicted octanol–water partition coefficient (Wildman–Crippen LogP) is 3.77. The van der Waals surface area contributed by atoms with Crippen LogP contribution < -0.4 is 0 Å². The molecule has 0 saturated carbocycles. The Labute approximate surface area is 136 Å². The summed E-state index contributed by atoms with van der Waals surface area (Å²) in [5.74, 6) is -0.286. The van der Waals surface area contributed by atoms with E-state index in [1.54, 1.807) is 4.90 Å². The lowest BCUT2D eigenvalue weighted by atomic mass is 10.0. The van der Waals surface area contributed by atoms with E-state index in [1.165, 1.54) is 5.56 Å². The number of nitrogens with zero attached hydrogens (tertiary/aromatic N) is 1. The maximum atomic E-state index is 12.3. The highest BCUT2D eigenvalue weighted by Crippen LogP contribution is 2.37. The molecule has 1 fully saturated rings. The Bertz CT molecular complexity index is 494. The molecule has 1 aromatic rings. The van der Waals surface area contributed by atoms with Gasteiger partial charge in [-0.05, 0) is 39.2 Å². The van der Waals surface area contributed by atoms with Crippen molar-refractivity contribution in [2.75, 3.05) is 0 Å². The van der Waals surface area contributed by atoms with Crippen LogP contribution in [0, 0.1) is 0 Å². The maximum absolute atomic E-state index is 12.3. The van der Waals surface area contributed by atoms with Crippen LogP contribution in [0.2, 0.25) is 0 Å². The van der Waals surface area contributed by atoms with Gasteiger partial charge in [-0.25, -0.2) is 0 Å². The van der Waals surface area contributed by atoms with Gasteiger partial charge < -0.3 is 9.64 Å². The average molecular weight is 330 g/mol. The fourth-order valence-electron chi connectivity index (χ4n) is 2.94. The molecule has 3 atom stereocenters. The quantitative estimate of drug-likeness (QED) is 0.787. The van der Waals surface area contributed by atoms with Gasteiger partial charge in [0.1, 0.15) is 5.72 Å². The second-order valence-corrected chi connectivity index (χ2v) is 6.83. The van der Waals surface area contributed by atoms with Crippen molar-refractivity contribution in [3.8, 4) is 0 Å². The molecular weight excluding hydrogens is 309 g/mol. The molecule has 1 aliphatic heterocycles. The van der Waals surface area contributed by atoms with E-state index < -0.39 is 10.6 Å². The number of benzene rings is 1. The number of rotatable bonds is 4. The molecule has 1 aromatic carbocycles. The molecule has 21 heavy (non-hydrogen) atoms. The number of alkyl halides is 2. The van der Waals surface area contributed by atoms with Gasteiger partial charge in [0.15, 0.2) is 4.84 Å². The van der Waals surface area contributed by atoms with Gasteiger partial charge in [0.2, 0.25) is 0 Å². The molecule has 2 rings (SSSR count). The molecule has 0 aliphatic carbocycles. The first-order valence-electron chi connectivity index (χ1n) is 7.18. The highest BCUT2D eigenvalue weighted by molar-refractivity contribution is 6.53. The number of hydrogen-bond donors (Lipinski definition) is 0. The first-order valence-corrected chi connectivity index (χ1v) is 8.05. The second kappa shape index (κ2) is 6.55. The Morgan fingerprint density at radius 1 is 1.33 bits per heavy atom. The fraction of sp³-hybridized carbons (Fsp3) is 0.562. The molecule has 0 bridgehead atoms. The summed E-state index contributed by atoms with van der Waals surface area (Å²) in [5.41, 5.74) is 0.545. The second-order valence-electron chi connectivity index (χ2n) is 5.73. The standard InChI is InChI=1S/C16H21Cl2NO2/c1-11-12(2)21-16(3,19(11)15(20)14(17)18)10-9-13-7-5-4-6-8-13/h4-8,11-12,14H,9-10H2,1-3H3. The van der Waals surface area contributed by atoms with Crippen LogP contribution in [-0.4, -0.2) is 33.5 Å². The Morgan fingerprint density at radius 3 is 2.52 bits per heavy atom. The third-order valence-electron chi connectivity index (χ3n) is 4.18. The summed E-state index contributed by atoms with van der Waals surface area (Å²) in [6, 6.07) is 10.1. The van der Waals surface area contributed by atoms with Gasteiger partial charge in [-0.3, -0.25) is 4.79 Å². The molecule has 3 unspecified atom stereocenters. The van der Waals surface area contributed by atoms with Crippen LogP contribution in [0.1, 0.15) is 32.8 Å². The van der Waals surface area contributed by atoms with Gasteiger partial charge in [-0.1, -0.05) is 53.5 Å². The van der Waals surface area contributed by atoms with Crippen LogP contribution in [0.4, 0.5) is 0 Å². The number of halogens is 2. The summed E-state index contributed by atoms with van der Waals surface area (Å²) in [6.45, 7) is 5.87. The monoisotopic (exact) mass is 329 g/mol. The van der Waals surface area contributed by atoms with Gasteiger partial charge in [-0.2, -0.15) is 0 Å². The zero-order chi connectivity index (χ0) is 15.6. The zero-order valence-corrected chi connectivity index (χ0v) is 14.1. The number of ether oxygens (including phenoxy) is 1. The molecule has 0 aromatic heterocycles. The van der Waals surface area contributed by atoms with E-state index in [0.717, 1.165) is 6.42 Å². The molecule has 1 aliphatic rings. The van der Waals surface area contributed by atoms with E-state index in [1.807, 2.05) is 39.0 Å². The molecule has 116 valence electrons. The molecule has 0 spiro atoms. The molecule has 1 saturated heterocycles. The third kappa shape index (κ3) is 3.53. The Balaban J connectivity index is 2.15. The van der Waals surface area contributed by atoms with Crippen molar-refractivity contribution in [3.05, 3.63) is 35.9 Å². The SMILES string of the molecule is CC1OC(C)(CCc2ccccc2)N(C(=O)C(Cl)Cl)C1C. The van der Waals surface area contributed by atoms with E-state index in [4.69, 9.17) is 27.9 Å². The number of amides is 1. The molecule has 0 radical (unpaired) electrons. The third-order valence-corrected chi connectivity index (χ3v) is 4.55. The maximum Gasteiger partial charge on any atom is 0.258 e. The molecule has 3 nitrogen and oxygen atoms in total. The summed E-state index contributed by atoms with van der Waals surface area (Å²) in [7, 11) is 0. The smallest absolute Gasteiger partial charge is 0.258 e. The van der Waals surface area contributed by atoms with Crippen LogP contribution in [0.5, 0.6) is 0 Å². The first kappa shape index (κ1) is 16.6.